The van der Waals surface area contributed by atoms with Crippen LogP contribution in [0.25, 0.3) is 0 Å². The number of carbonyl (C=O) groups excluding carboxylic acids is 2. The summed E-state index contributed by atoms with van der Waals surface area (Å²) in [6.07, 6.45) is -0.316. The average molecular weight is 382 g/mol. The lowest BCUT2D eigenvalue weighted by molar-refractivity contribution is -0.144. The van der Waals surface area contributed by atoms with Crippen LogP contribution in [0, 0.1) is 34.6 Å². The third kappa shape index (κ3) is 3.35. The van der Waals surface area contributed by atoms with Crippen molar-refractivity contribution in [2.24, 2.45) is 0 Å². The van der Waals surface area contributed by atoms with E-state index in [9.17, 15) is 18.0 Å². The van der Waals surface area contributed by atoms with Crippen LogP contribution >= 0.6 is 0 Å². The molecule has 1 aliphatic heterocycles. The van der Waals surface area contributed by atoms with Crippen molar-refractivity contribution in [1.29, 1.82) is 0 Å². The number of methoxy groups -OCH3 is 1. The largest absolute Gasteiger partial charge is 0.469 e. The van der Waals surface area contributed by atoms with Crippen molar-refractivity contribution in [3.8, 4) is 0 Å². The van der Waals surface area contributed by atoms with E-state index in [1.165, 1.54) is 7.11 Å². The maximum Gasteiger partial charge on any atom is 0.307 e. The molecule has 0 radical (unpaired) electrons. The van der Waals surface area contributed by atoms with Gasteiger partial charge in [0.25, 0.3) is 0 Å². The quantitative estimate of drug-likeness (QED) is 0.792. The Morgan fingerprint density at radius 2 is 1.58 bits per heavy atom. The number of hydrogen-bond acceptors (Lipinski definition) is 5. The van der Waals surface area contributed by atoms with Crippen molar-refractivity contribution in [2.75, 3.05) is 20.2 Å². The number of esters is 1. The predicted molar refractivity (Wildman–Crippen MR) is 97.4 cm³/mol. The van der Waals surface area contributed by atoms with Gasteiger partial charge in [-0.15, -0.1) is 0 Å². The first-order chi connectivity index (χ1) is 12.0. The van der Waals surface area contributed by atoms with Crippen molar-refractivity contribution in [3.05, 3.63) is 27.8 Å². The van der Waals surface area contributed by atoms with Gasteiger partial charge in [0.15, 0.2) is 0 Å². The molecule has 0 aromatic heterocycles. The molecule has 1 saturated heterocycles. The topological polar surface area (TPSA) is 92.8 Å². The summed E-state index contributed by atoms with van der Waals surface area (Å²) in [6, 6.07) is -1.11. The fraction of sp³-hybridized carbons (Fsp3) is 0.556. The third-order valence-corrected chi connectivity index (χ3v) is 7.55. The van der Waals surface area contributed by atoms with Gasteiger partial charge < -0.3 is 10.1 Å². The summed E-state index contributed by atoms with van der Waals surface area (Å²) in [4.78, 5) is 24.2. The molecule has 7 nitrogen and oxygen atoms in total. The number of hydrogen-bond donors (Lipinski definition) is 1. The van der Waals surface area contributed by atoms with E-state index in [1.54, 1.807) is 13.8 Å². The molecule has 0 bridgehead atoms. The van der Waals surface area contributed by atoms with Gasteiger partial charge in [-0.05, 0) is 62.4 Å². The molecule has 144 valence electrons. The van der Waals surface area contributed by atoms with Gasteiger partial charge >= 0.3 is 5.97 Å². The highest BCUT2D eigenvalue weighted by molar-refractivity contribution is 7.89. The Morgan fingerprint density at radius 1 is 1.08 bits per heavy atom. The second-order valence-electron chi connectivity index (χ2n) is 6.66. The highest BCUT2D eigenvalue weighted by atomic mass is 32.2. The smallest absolute Gasteiger partial charge is 0.307 e. The van der Waals surface area contributed by atoms with E-state index in [4.69, 9.17) is 0 Å². The Bertz CT molecular complexity index is 832. The molecule has 1 aromatic carbocycles. The Morgan fingerprint density at radius 3 is 2.08 bits per heavy atom. The number of rotatable bonds is 4. The first-order valence-corrected chi connectivity index (χ1v) is 9.91. The Kier molecular flexibility index (Phi) is 5.77. The minimum atomic E-state index is -3.96. The zero-order chi connectivity index (χ0) is 19.8. The fourth-order valence-electron chi connectivity index (χ4n) is 3.39. The molecule has 0 spiro atoms. The number of benzene rings is 1. The van der Waals surface area contributed by atoms with Gasteiger partial charge in [0.1, 0.15) is 6.04 Å². The zero-order valence-corrected chi connectivity index (χ0v) is 16.9. The predicted octanol–water partition coefficient (Wildman–Crippen LogP) is 1.28. The number of piperazine rings is 1. The second kappa shape index (κ2) is 7.36. The molecule has 26 heavy (non-hydrogen) atoms. The summed E-state index contributed by atoms with van der Waals surface area (Å²) < 4.78 is 32.7. The van der Waals surface area contributed by atoms with Gasteiger partial charge in [-0.2, -0.15) is 4.31 Å². The minimum absolute atomic E-state index is 0.112. The van der Waals surface area contributed by atoms with E-state index in [-0.39, 0.29) is 24.4 Å². The molecule has 2 rings (SSSR count). The SMILES string of the molecule is COC(=O)C[C@H]1C(=O)NCCN1S(=O)(=O)c1c(C)c(C)c(C)c(C)c1C. The van der Waals surface area contributed by atoms with Crippen molar-refractivity contribution in [3.63, 3.8) is 0 Å². The van der Waals surface area contributed by atoms with Crippen LogP contribution in [0.2, 0.25) is 0 Å². The number of ether oxygens (including phenoxy) is 1. The first kappa shape index (κ1) is 20.4. The molecule has 0 saturated carbocycles. The molecule has 0 aliphatic carbocycles. The lowest BCUT2D eigenvalue weighted by Crippen LogP contribution is -2.57. The number of nitrogens with one attached hydrogen (secondary N) is 1. The highest BCUT2D eigenvalue weighted by Crippen LogP contribution is 2.33. The van der Waals surface area contributed by atoms with Crippen molar-refractivity contribution in [2.45, 2.75) is 52.0 Å². The van der Waals surface area contributed by atoms with Crippen LogP contribution in [0.3, 0.4) is 0 Å². The van der Waals surface area contributed by atoms with Gasteiger partial charge in [-0.25, -0.2) is 8.42 Å². The number of sulfonamides is 1. The Balaban J connectivity index is 2.62. The molecular formula is C18H26N2O5S. The number of carbonyl (C=O) groups is 2. The molecule has 0 unspecified atom stereocenters. The zero-order valence-electron chi connectivity index (χ0n) is 16.1. The third-order valence-electron chi connectivity index (χ3n) is 5.37. The standard InChI is InChI=1S/C18H26N2O5S/c1-10-11(2)13(4)17(14(5)12(10)3)26(23,24)20-8-7-19-18(22)15(20)9-16(21)25-6/h15H,7-9H2,1-6H3,(H,19,22)/t15-/m0/s1. The summed E-state index contributed by atoms with van der Waals surface area (Å²) in [6.45, 7) is 9.63. The molecule has 1 amide bonds. The number of amides is 1. The molecular weight excluding hydrogens is 356 g/mol. The fourth-order valence-corrected chi connectivity index (χ4v) is 5.54. The molecule has 8 heteroatoms. The van der Waals surface area contributed by atoms with Crippen LogP contribution in [0.5, 0.6) is 0 Å². The van der Waals surface area contributed by atoms with E-state index in [2.05, 4.69) is 10.1 Å². The summed E-state index contributed by atoms with van der Waals surface area (Å²) >= 11 is 0. The lowest BCUT2D eigenvalue weighted by atomic mass is 9.95. The van der Waals surface area contributed by atoms with Gasteiger partial charge in [-0.1, -0.05) is 0 Å². The van der Waals surface area contributed by atoms with Crippen molar-refractivity contribution < 1.29 is 22.7 Å². The van der Waals surface area contributed by atoms with Crippen LogP contribution < -0.4 is 5.32 Å². The molecule has 1 fully saturated rings. The molecule has 1 atom stereocenters. The summed E-state index contributed by atoms with van der Waals surface area (Å²) in [7, 11) is -2.75. The van der Waals surface area contributed by atoms with Crippen LogP contribution in [0.15, 0.2) is 4.90 Å². The monoisotopic (exact) mass is 382 g/mol. The van der Waals surface area contributed by atoms with E-state index >= 15 is 0 Å². The average Bonchev–Trinajstić information content (AvgIpc) is 2.59. The van der Waals surface area contributed by atoms with E-state index in [1.807, 2.05) is 20.8 Å². The molecule has 1 aromatic rings. The van der Waals surface area contributed by atoms with Gasteiger partial charge in [-0.3, -0.25) is 9.59 Å². The van der Waals surface area contributed by atoms with Gasteiger partial charge in [0.05, 0.1) is 18.4 Å². The Labute approximate surface area is 154 Å². The minimum Gasteiger partial charge on any atom is -0.469 e. The van der Waals surface area contributed by atoms with E-state index in [0.29, 0.717) is 11.1 Å². The summed E-state index contributed by atoms with van der Waals surface area (Å²) in [5, 5.41) is 2.62. The number of nitrogens with zero attached hydrogens (tertiary/aromatic N) is 1. The highest BCUT2D eigenvalue weighted by Gasteiger charge is 2.41. The molecule has 1 N–H and O–H groups in total. The van der Waals surface area contributed by atoms with E-state index in [0.717, 1.165) is 21.0 Å². The summed E-state index contributed by atoms with van der Waals surface area (Å²) in [5.41, 5.74) is 4.23. The van der Waals surface area contributed by atoms with Crippen LogP contribution in [-0.4, -0.2) is 50.8 Å². The molecule has 1 aliphatic rings. The maximum absolute atomic E-state index is 13.5. The maximum atomic E-state index is 13.5. The van der Waals surface area contributed by atoms with Gasteiger partial charge in [0.2, 0.25) is 15.9 Å². The van der Waals surface area contributed by atoms with Crippen LogP contribution in [-0.2, 0) is 24.3 Å². The van der Waals surface area contributed by atoms with Crippen LogP contribution in [0.4, 0.5) is 0 Å². The Hall–Kier alpha value is -1.93. The van der Waals surface area contributed by atoms with E-state index < -0.39 is 27.9 Å². The lowest BCUT2D eigenvalue weighted by Gasteiger charge is -2.34. The van der Waals surface area contributed by atoms with Gasteiger partial charge in [0, 0.05) is 13.1 Å². The normalized spacial score (nSPS) is 18.5. The van der Waals surface area contributed by atoms with Crippen molar-refractivity contribution in [1.82, 2.24) is 9.62 Å². The second-order valence-corrected chi connectivity index (χ2v) is 8.48. The van der Waals surface area contributed by atoms with Crippen LogP contribution in [0.1, 0.15) is 34.2 Å². The summed E-state index contributed by atoms with van der Waals surface area (Å²) in [5.74, 6) is -1.11. The van der Waals surface area contributed by atoms with Crippen molar-refractivity contribution >= 4 is 21.9 Å². The first-order valence-electron chi connectivity index (χ1n) is 8.47. The molecule has 1 heterocycles.